The lowest BCUT2D eigenvalue weighted by molar-refractivity contribution is 0.479. The van der Waals surface area contributed by atoms with Crippen LogP contribution in [0, 0.1) is 5.92 Å². The lowest BCUT2D eigenvalue weighted by atomic mass is 10.0. The fourth-order valence-electron chi connectivity index (χ4n) is 1.66. The minimum absolute atomic E-state index is 0.0227. The zero-order chi connectivity index (χ0) is 14.6. The summed E-state index contributed by atoms with van der Waals surface area (Å²) in [6, 6.07) is 2.72. The second kappa shape index (κ2) is 7.14. The Bertz CT molecular complexity index is 519. The van der Waals surface area contributed by atoms with Gasteiger partial charge in [0.2, 0.25) is 10.0 Å². The molecule has 0 bridgehead atoms. The summed E-state index contributed by atoms with van der Waals surface area (Å²) in [6.07, 6.45) is 1.81. The molecule has 0 amide bonds. The van der Waals surface area contributed by atoms with Crippen LogP contribution in [-0.4, -0.2) is 15.0 Å². The van der Waals surface area contributed by atoms with Gasteiger partial charge in [0.15, 0.2) is 0 Å². The van der Waals surface area contributed by atoms with Crippen LogP contribution in [0.3, 0.4) is 0 Å². The molecule has 0 fully saturated rings. The van der Waals surface area contributed by atoms with E-state index in [2.05, 4.69) is 4.72 Å². The second-order valence-electron chi connectivity index (χ2n) is 4.23. The van der Waals surface area contributed by atoms with Gasteiger partial charge in [-0.05, 0) is 18.1 Å². The topological polar surface area (TPSA) is 46.2 Å². The molecule has 0 unspecified atom stereocenters. The van der Waals surface area contributed by atoms with Crippen molar-refractivity contribution < 1.29 is 8.42 Å². The maximum absolute atomic E-state index is 12.2. The smallest absolute Gasteiger partial charge is 0.211 e. The number of rotatable bonds is 6. The highest BCUT2D eigenvalue weighted by atomic mass is 35.5. The van der Waals surface area contributed by atoms with Crippen LogP contribution in [0.1, 0.15) is 26.7 Å². The first-order chi connectivity index (χ1) is 8.81. The fraction of sp³-hybridized carbons (Fsp3) is 0.500. The van der Waals surface area contributed by atoms with Crippen LogP contribution < -0.4 is 4.72 Å². The van der Waals surface area contributed by atoms with Gasteiger partial charge in [0, 0.05) is 11.6 Å². The van der Waals surface area contributed by atoms with Crippen molar-refractivity contribution in [2.24, 2.45) is 5.92 Å². The Kier molecular flexibility index (Phi) is 6.40. The Morgan fingerprint density at radius 2 is 1.58 bits per heavy atom. The Morgan fingerprint density at radius 1 is 1.11 bits per heavy atom. The van der Waals surface area contributed by atoms with E-state index in [4.69, 9.17) is 34.8 Å². The first-order valence-electron chi connectivity index (χ1n) is 5.96. The van der Waals surface area contributed by atoms with E-state index in [9.17, 15) is 8.42 Å². The van der Waals surface area contributed by atoms with Gasteiger partial charge in [-0.15, -0.1) is 0 Å². The van der Waals surface area contributed by atoms with Crippen LogP contribution in [0.5, 0.6) is 0 Å². The number of halogens is 3. The molecule has 108 valence electrons. The van der Waals surface area contributed by atoms with Gasteiger partial charge in [0.05, 0.1) is 10.0 Å². The normalized spacial score (nSPS) is 12.1. The number of benzene rings is 1. The van der Waals surface area contributed by atoms with Crippen molar-refractivity contribution in [2.45, 2.75) is 31.6 Å². The highest BCUT2D eigenvalue weighted by Crippen LogP contribution is 2.32. The molecule has 0 atom stereocenters. The van der Waals surface area contributed by atoms with E-state index in [0.29, 0.717) is 17.5 Å². The van der Waals surface area contributed by atoms with E-state index in [0.717, 1.165) is 12.8 Å². The van der Waals surface area contributed by atoms with Crippen molar-refractivity contribution in [1.82, 2.24) is 4.72 Å². The quantitative estimate of drug-likeness (QED) is 0.833. The van der Waals surface area contributed by atoms with Crippen molar-refractivity contribution in [3.8, 4) is 0 Å². The summed E-state index contributed by atoms with van der Waals surface area (Å²) in [5, 5.41) is 0.345. The Morgan fingerprint density at radius 3 is 2.00 bits per heavy atom. The number of sulfonamides is 1. The molecule has 0 aliphatic rings. The Balaban J connectivity index is 3.01. The summed E-state index contributed by atoms with van der Waals surface area (Å²) < 4.78 is 26.9. The molecule has 1 rings (SSSR count). The van der Waals surface area contributed by atoms with Gasteiger partial charge in [-0.3, -0.25) is 0 Å². The first-order valence-corrected chi connectivity index (χ1v) is 8.57. The molecule has 3 nitrogen and oxygen atoms in total. The summed E-state index contributed by atoms with van der Waals surface area (Å²) in [5.74, 6) is 0.291. The monoisotopic (exact) mass is 343 g/mol. The molecule has 7 heteroatoms. The van der Waals surface area contributed by atoms with Crippen molar-refractivity contribution in [3.63, 3.8) is 0 Å². The van der Waals surface area contributed by atoms with Gasteiger partial charge in [-0.2, -0.15) is 0 Å². The van der Waals surface area contributed by atoms with E-state index in [1.54, 1.807) is 0 Å². The summed E-state index contributed by atoms with van der Waals surface area (Å²) in [4.78, 5) is -0.119. The molecule has 0 aliphatic heterocycles. The molecular formula is C12H16Cl3NO2S. The van der Waals surface area contributed by atoms with Crippen LogP contribution in [0.25, 0.3) is 0 Å². The van der Waals surface area contributed by atoms with E-state index in [-0.39, 0.29) is 14.9 Å². The molecular weight excluding hydrogens is 329 g/mol. The Hall–Kier alpha value is -0.000000000000000111. The van der Waals surface area contributed by atoms with Gasteiger partial charge < -0.3 is 0 Å². The van der Waals surface area contributed by atoms with Gasteiger partial charge in [0.25, 0.3) is 0 Å². The number of hydrogen-bond donors (Lipinski definition) is 1. The average molecular weight is 345 g/mol. The minimum atomic E-state index is -3.73. The van der Waals surface area contributed by atoms with Crippen LogP contribution in [0.4, 0.5) is 0 Å². The molecule has 1 aromatic carbocycles. The second-order valence-corrected chi connectivity index (χ2v) is 7.19. The van der Waals surface area contributed by atoms with Gasteiger partial charge >= 0.3 is 0 Å². The third kappa shape index (κ3) is 4.50. The first kappa shape index (κ1) is 17.1. The number of hydrogen-bond acceptors (Lipinski definition) is 2. The molecule has 0 aromatic heterocycles. The summed E-state index contributed by atoms with van der Waals surface area (Å²) in [6.45, 7) is 4.40. The highest BCUT2D eigenvalue weighted by Gasteiger charge is 2.23. The van der Waals surface area contributed by atoms with E-state index >= 15 is 0 Å². The molecule has 0 saturated carbocycles. The molecule has 0 saturated heterocycles. The van der Waals surface area contributed by atoms with E-state index in [1.807, 2.05) is 13.8 Å². The maximum Gasteiger partial charge on any atom is 0.243 e. The Labute approximate surface area is 129 Å². The summed E-state index contributed by atoms with van der Waals surface area (Å²) in [7, 11) is -3.73. The molecule has 0 radical (unpaired) electrons. The van der Waals surface area contributed by atoms with Gasteiger partial charge in [0.1, 0.15) is 4.90 Å². The largest absolute Gasteiger partial charge is 0.243 e. The van der Waals surface area contributed by atoms with Crippen molar-refractivity contribution >= 4 is 44.8 Å². The molecule has 0 spiro atoms. The van der Waals surface area contributed by atoms with Crippen LogP contribution in [-0.2, 0) is 10.0 Å². The third-order valence-electron chi connectivity index (χ3n) is 2.95. The van der Waals surface area contributed by atoms with Crippen molar-refractivity contribution in [1.29, 1.82) is 0 Å². The SMILES string of the molecule is CCC(CC)CNS(=O)(=O)c1c(Cl)cc(Cl)cc1Cl. The standard InChI is InChI=1S/C12H16Cl3NO2S/c1-3-8(4-2)7-16-19(17,18)12-10(14)5-9(13)6-11(12)15/h5-6,8,16H,3-4,7H2,1-2H3. The van der Waals surface area contributed by atoms with Crippen LogP contribution in [0.2, 0.25) is 15.1 Å². The van der Waals surface area contributed by atoms with Crippen LogP contribution in [0.15, 0.2) is 17.0 Å². The van der Waals surface area contributed by atoms with Crippen molar-refractivity contribution in [2.75, 3.05) is 6.54 Å². The van der Waals surface area contributed by atoms with Crippen molar-refractivity contribution in [3.05, 3.63) is 27.2 Å². The summed E-state index contributed by atoms with van der Waals surface area (Å²) >= 11 is 17.6. The minimum Gasteiger partial charge on any atom is -0.211 e. The lowest BCUT2D eigenvalue weighted by Gasteiger charge is -2.15. The van der Waals surface area contributed by atoms with E-state index in [1.165, 1.54) is 12.1 Å². The zero-order valence-electron chi connectivity index (χ0n) is 10.7. The zero-order valence-corrected chi connectivity index (χ0v) is 13.8. The van der Waals surface area contributed by atoms with Gasteiger partial charge in [-0.1, -0.05) is 61.5 Å². The third-order valence-corrected chi connectivity index (χ3v) is 5.51. The predicted molar refractivity (Wildman–Crippen MR) is 80.7 cm³/mol. The predicted octanol–water partition coefficient (Wildman–Crippen LogP) is 4.36. The molecule has 1 N–H and O–H groups in total. The molecule has 0 aliphatic carbocycles. The molecule has 1 aromatic rings. The van der Waals surface area contributed by atoms with E-state index < -0.39 is 10.0 Å². The molecule has 19 heavy (non-hydrogen) atoms. The van der Waals surface area contributed by atoms with Crippen LogP contribution >= 0.6 is 34.8 Å². The maximum atomic E-state index is 12.2. The summed E-state index contributed by atoms with van der Waals surface area (Å²) in [5.41, 5.74) is 0. The molecule has 0 heterocycles. The van der Waals surface area contributed by atoms with Gasteiger partial charge in [-0.25, -0.2) is 13.1 Å². The average Bonchev–Trinajstić information content (AvgIpc) is 2.28. The fourth-order valence-corrected chi connectivity index (χ4v) is 4.32. The highest BCUT2D eigenvalue weighted by molar-refractivity contribution is 7.89. The lowest BCUT2D eigenvalue weighted by Crippen LogP contribution is -2.29. The number of nitrogens with one attached hydrogen (secondary N) is 1.